The summed E-state index contributed by atoms with van der Waals surface area (Å²) in [5, 5.41) is 0. The first-order valence-electron chi connectivity index (χ1n) is 35.3. The van der Waals surface area contributed by atoms with Crippen LogP contribution in [0.3, 0.4) is 0 Å². The molecule has 0 spiro atoms. The zero-order valence-corrected chi connectivity index (χ0v) is 52.1. The third-order valence-corrected chi connectivity index (χ3v) is 16.7. The highest BCUT2D eigenvalue weighted by Crippen LogP contribution is 2.20. The van der Waals surface area contributed by atoms with Crippen LogP contribution in [-0.4, -0.2) is 37.5 Å². The molecule has 0 aromatic carbocycles. The lowest BCUT2D eigenvalue weighted by Crippen LogP contribution is -2.26. The minimum atomic E-state index is -0.431. The van der Waals surface area contributed by atoms with Gasteiger partial charge < -0.3 is 20.9 Å². The standard InChI is InChI=1S/C69H140N4O4/c70-64-58-52-46-40-34-28-22-16-10-3-1-6-12-18-24-30-36-42-48-54-60-66(72)76-68(74)62-56-50-44-38-32-26-20-14-8-5-9-15-21-27-33-39-45-51-57-63-69(75)77-67(73)61-55-49-43-37-31-25-19-13-7-2-4-11-17-23-29-35-41-47-53-59-65-71/h66-67H,1-65,70-73H2. The highest BCUT2D eigenvalue weighted by atomic mass is 16.6. The maximum Gasteiger partial charge on any atom is 0.307 e. The number of nitrogens with two attached hydrogens (primary N) is 4. The molecule has 0 aliphatic heterocycles. The van der Waals surface area contributed by atoms with Crippen LogP contribution in [0.25, 0.3) is 0 Å². The maximum absolute atomic E-state index is 12.3. The van der Waals surface area contributed by atoms with E-state index in [9.17, 15) is 9.59 Å². The van der Waals surface area contributed by atoms with Crippen molar-refractivity contribution >= 4 is 11.9 Å². The Hall–Kier alpha value is -1.22. The van der Waals surface area contributed by atoms with Crippen LogP contribution >= 0.6 is 0 Å². The van der Waals surface area contributed by atoms with E-state index in [0.29, 0.717) is 12.8 Å². The van der Waals surface area contributed by atoms with Crippen LogP contribution in [0.15, 0.2) is 0 Å². The molecule has 0 aliphatic carbocycles. The molecule has 0 bridgehead atoms. The summed E-state index contributed by atoms with van der Waals surface area (Å²) in [5.74, 6) is -0.219. The molecule has 0 aliphatic rings. The average molecular weight is 1090 g/mol. The molecule has 0 radical (unpaired) electrons. The molecule has 0 saturated heterocycles. The number of unbranched alkanes of at least 4 members (excludes halogenated alkanes) is 56. The fourth-order valence-electron chi connectivity index (χ4n) is 11.5. The largest absolute Gasteiger partial charge is 0.447 e. The van der Waals surface area contributed by atoms with E-state index in [-0.39, 0.29) is 11.9 Å². The van der Waals surface area contributed by atoms with Gasteiger partial charge in [0, 0.05) is 12.8 Å². The van der Waals surface area contributed by atoms with Gasteiger partial charge in [-0.15, -0.1) is 0 Å². The van der Waals surface area contributed by atoms with Crippen molar-refractivity contribution in [3.05, 3.63) is 0 Å². The van der Waals surface area contributed by atoms with Crippen molar-refractivity contribution in [2.75, 3.05) is 13.1 Å². The molecule has 2 unspecified atom stereocenters. The average Bonchev–Trinajstić information content (AvgIpc) is 3.42. The zero-order chi connectivity index (χ0) is 55.7. The van der Waals surface area contributed by atoms with Gasteiger partial charge >= 0.3 is 11.9 Å². The van der Waals surface area contributed by atoms with E-state index in [2.05, 4.69) is 0 Å². The Morgan fingerprint density at radius 2 is 0.338 bits per heavy atom. The van der Waals surface area contributed by atoms with E-state index < -0.39 is 12.5 Å². The van der Waals surface area contributed by atoms with E-state index in [0.717, 1.165) is 64.5 Å². The summed E-state index contributed by atoms with van der Waals surface area (Å²) in [4.78, 5) is 24.5. The fraction of sp³-hybridized carbons (Fsp3) is 0.971. The maximum atomic E-state index is 12.3. The molecule has 8 heteroatoms. The first-order valence-corrected chi connectivity index (χ1v) is 35.3. The van der Waals surface area contributed by atoms with Gasteiger partial charge in [0.2, 0.25) is 0 Å². The van der Waals surface area contributed by atoms with E-state index in [1.54, 1.807) is 0 Å². The second-order valence-electron chi connectivity index (χ2n) is 24.6. The summed E-state index contributed by atoms with van der Waals surface area (Å²) in [6, 6.07) is 0. The molecule has 8 nitrogen and oxygen atoms in total. The van der Waals surface area contributed by atoms with Gasteiger partial charge in [0.05, 0.1) is 0 Å². The van der Waals surface area contributed by atoms with Gasteiger partial charge in [0.1, 0.15) is 0 Å². The lowest BCUT2D eigenvalue weighted by molar-refractivity contribution is -0.150. The van der Waals surface area contributed by atoms with Gasteiger partial charge in [-0.25, -0.2) is 0 Å². The minimum Gasteiger partial charge on any atom is -0.447 e. The van der Waals surface area contributed by atoms with Gasteiger partial charge in [-0.1, -0.05) is 340 Å². The zero-order valence-electron chi connectivity index (χ0n) is 52.1. The number of hydrogen-bond acceptors (Lipinski definition) is 8. The smallest absolute Gasteiger partial charge is 0.307 e. The lowest BCUT2D eigenvalue weighted by Gasteiger charge is -2.13. The lowest BCUT2D eigenvalue weighted by atomic mass is 10.0. The number of hydrogen-bond donors (Lipinski definition) is 4. The minimum absolute atomic E-state index is 0.110. The van der Waals surface area contributed by atoms with Gasteiger partial charge in [-0.2, -0.15) is 0 Å². The Balaban J connectivity index is 3.30. The highest BCUT2D eigenvalue weighted by Gasteiger charge is 2.11. The molecule has 0 saturated carbocycles. The summed E-state index contributed by atoms with van der Waals surface area (Å²) in [6.45, 7) is 1.71. The highest BCUT2D eigenvalue weighted by molar-refractivity contribution is 5.69. The summed E-state index contributed by atoms with van der Waals surface area (Å²) < 4.78 is 11.0. The topological polar surface area (TPSA) is 157 Å². The van der Waals surface area contributed by atoms with Crippen LogP contribution in [0, 0.1) is 0 Å². The van der Waals surface area contributed by atoms with Crippen LogP contribution in [0.5, 0.6) is 0 Å². The Labute approximate surface area is 481 Å². The second-order valence-corrected chi connectivity index (χ2v) is 24.6. The van der Waals surface area contributed by atoms with Gasteiger partial charge in [-0.05, 0) is 64.5 Å². The van der Waals surface area contributed by atoms with Crippen LogP contribution in [0.1, 0.15) is 405 Å². The first kappa shape index (κ1) is 75.8. The molecule has 77 heavy (non-hydrogen) atoms. The molecule has 460 valence electrons. The third-order valence-electron chi connectivity index (χ3n) is 16.7. The summed E-state index contributed by atoms with van der Waals surface area (Å²) >= 11 is 0. The number of carbonyl (C=O) groups is 2. The predicted octanol–water partition coefficient (Wildman–Crippen LogP) is 21.1. The molecule has 0 rings (SSSR count). The molecule has 2 atom stereocenters. The third kappa shape index (κ3) is 67.2. The molecular formula is C69H140N4O4. The molecular weight excluding hydrogens is 949 g/mol. The predicted molar refractivity (Wildman–Crippen MR) is 337 cm³/mol. The van der Waals surface area contributed by atoms with Crippen molar-refractivity contribution in [3.63, 3.8) is 0 Å². The monoisotopic (exact) mass is 1090 g/mol. The van der Waals surface area contributed by atoms with E-state index >= 15 is 0 Å². The van der Waals surface area contributed by atoms with Crippen LogP contribution in [0.2, 0.25) is 0 Å². The number of esters is 2. The van der Waals surface area contributed by atoms with Crippen LogP contribution < -0.4 is 22.9 Å². The van der Waals surface area contributed by atoms with E-state index in [1.807, 2.05) is 0 Å². The molecule has 0 fully saturated rings. The van der Waals surface area contributed by atoms with Crippen molar-refractivity contribution in [1.29, 1.82) is 0 Å². The summed E-state index contributed by atoms with van der Waals surface area (Å²) in [5.41, 5.74) is 23.4. The second kappa shape index (κ2) is 67.3. The fourth-order valence-corrected chi connectivity index (χ4v) is 11.5. The Morgan fingerprint density at radius 3 is 0.494 bits per heavy atom. The van der Waals surface area contributed by atoms with Crippen molar-refractivity contribution in [1.82, 2.24) is 0 Å². The van der Waals surface area contributed by atoms with Crippen molar-refractivity contribution in [3.8, 4) is 0 Å². The Morgan fingerprint density at radius 1 is 0.208 bits per heavy atom. The summed E-state index contributed by atoms with van der Waals surface area (Å²) in [7, 11) is 0. The quantitative estimate of drug-likeness (QED) is 0.0266. The van der Waals surface area contributed by atoms with Crippen LogP contribution in [-0.2, 0) is 19.1 Å². The van der Waals surface area contributed by atoms with E-state index in [4.69, 9.17) is 32.4 Å². The Kier molecular flexibility index (Phi) is 66.2. The number of rotatable bonds is 68. The van der Waals surface area contributed by atoms with Gasteiger partial charge in [0.15, 0.2) is 12.5 Å². The molecule has 0 aromatic rings. The van der Waals surface area contributed by atoms with Crippen LogP contribution in [0.4, 0.5) is 0 Å². The molecule has 0 amide bonds. The normalized spacial score (nSPS) is 12.4. The van der Waals surface area contributed by atoms with E-state index in [1.165, 1.54) is 340 Å². The van der Waals surface area contributed by atoms with Crippen molar-refractivity contribution < 1.29 is 19.1 Å². The van der Waals surface area contributed by atoms with Crippen molar-refractivity contribution in [2.24, 2.45) is 22.9 Å². The number of ether oxygens (including phenoxy) is 2. The Bertz CT molecular complexity index is 1040. The SMILES string of the molecule is NCCCCCCCCCCCCCCCCCCCCCCC(N)OC(=O)CCCCCCCCCCCCCCCCCCCCCC(=O)OC(N)CCCCCCCCCCCCCCCCCCCCCCN. The van der Waals surface area contributed by atoms with Gasteiger partial charge in [0.25, 0.3) is 0 Å². The molecule has 0 aromatic heterocycles. The molecule has 0 heterocycles. The summed E-state index contributed by atoms with van der Waals surface area (Å²) in [6.07, 6.45) is 80.1. The van der Waals surface area contributed by atoms with Gasteiger partial charge in [-0.3, -0.25) is 21.1 Å². The number of carbonyl (C=O) groups excluding carboxylic acids is 2. The molecule has 8 N–H and O–H groups in total. The first-order chi connectivity index (χ1) is 38.0. The van der Waals surface area contributed by atoms with Crippen molar-refractivity contribution in [2.45, 2.75) is 417 Å².